The number of rotatable bonds is 15. The molecule has 1 aromatic heterocycles. The van der Waals surface area contributed by atoms with Crippen molar-refractivity contribution < 1.29 is 17.9 Å². The Hall–Kier alpha value is -2.50. The van der Waals surface area contributed by atoms with Gasteiger partial charge in [-0.2, -0.15) is 5.10 Å². The van der Waals surface area contributed by atoms with E-state index < -0.39 is 22.2 Å². The van der Waals surface area contributed by atoms with Gasteiger partial charge in [-0.1, -0.05) is 44.2 Å². The monoisotopic (exact) mass is 506 g/mol. The van der Waals surface area contributed by atoms with Gasteiger partial charge in [0, 0.05) is 13.1 Å². The SMILES string of the molecule is CCN(CC)CCCS(=O)(=O)N[C@H](CCc1ccccc1)c1nc(COC(=O)NC2CC2)n(C)n1. The van der Waals surface area contributed by atoms with Crippen molar-refractivity contribution in [3.8, 4) is 0 Å². The molecule has 0 radical (unpaired) electrons. The third-order valence-electron chi connectivity index (χ3n) is 6.08. The highest BCUT2D eigenvalue weighted by atomic mass is 32.2. The molecule has 35 heavy (non-hydrogen) atoms. The molecule has 10 nitrogen and oxygen atoms in total. The molecule has 0 saturated heterocycles. The smallest absolute Gasteiger partial charge is 0.407 e. The molecule has 194 valence electrons. The van der Waals surface area contributed by atoms with Gasteiger partial charge < -0.3 is 15.0 Å². The van der Waals surface area contributed by atoms with Gasteiger partial charge in [0.1, 0.15) is 0 Å². The molecule has 3 rings (SSSR count). The van der Waals surface area contributed by atoms with E-state index in [9.17, 15) is 13.2 Å². The molecule has 1 amide bonds. The highest BCUT2D eigenvalue weighted by Gasteiger charge is 2.26. The van der Waals surface area contributed by atoms with Crippen LogP contribution < -0.4 is 10.0 Å². The summed E-state index contributed by atoms with van der Waals surface area (Å²) >= 11 is 0. The third-order valence-corrected chi connectivity index (χ3v) is 7.55. The maximum absolute atomic E-state index is 12.9. The largest absolute Gasteiger partial charge is 0.441 e. The number of aromatic nitrogens is 3. The quantitative estimate of drug-likeness (QED) is 0.381. The number of nitrogens with one attached hydrogen (secondary N) is 2. The Morgan fingerprint density at radius 1 is 1.23 bits per heavy atom. The van der Waals surface area contributed by atoms with Crippen molar-refractivity contribution in [2.75, 3.05) is 25.4 Å². The summed E-state index contributed by atoms with van der Waals surface area (Å²) < 4.78 is 35.5. The summed E-state index contributed by atoms with van der Waals surface area (Å²) in [6.45, 7) is 6.62. The highest BCUT2D eigenvalue weighted by Crippen LogP contribution is 2.20. The van der Waals surface area contributed by atoms with E-state index in [0.29, 0.717) is 30.9 Å². The van der Waals surface area contributed by atoms with E-state index in [0.717, 1.165) is 38.0 Å². The Balaban J connectivity index is 1.66. The Kier molecular flexibility index (Phi) is 10.1. The summed E-state index contributed by atoms with van der Waals surface area (Å²) in [5, 5.41) is 7.22. The number of sulfonamides is 1. The summed E-state index contributed by atoms with van der Waals surface area (Å²) in [7, 11) is -1.83. The number of amides is 1. The number of carbonyl (C=O) groups excluding carboxylic acids is 1. The van der Waals surface area contributed by atoms with Crippen LogP contribution in [0.4, 0.5) is 4.79 Å². The first kappa shape index (κ1) is 27.1. The van der Waals surface area contributed by atoms with Crippen LogP contribution in [0.3, 0.4) is 0 Å². The number of aryl methyl sites for hydroxylation is 2. The van der Waals surface area contributed by atoms with Crippen molar-refractivity contribution in [3.05, 3.63) is 47.5 Å². The van der Waals surface area contributed by atoms with Gasteiger partial charge in [0.15, 0.2) is 18.3 Å². The van der Waals surface area contributed by atoms with E-state index in [1.165, 1.54) is 4.68 Å². The maximum Gasteiger partial charge on any atom is 0.407 e. The lowest BCUT2D eigenvalue weighted by molar-refractivity contribution is 0.135. The van der Waals surface area contributed by atoms with Crippen molar-refractivity contribution in [1.82, 2.24) is 29.7 Å². The molecule has 2 aromatic rings. The van der Waals surface area contributed by atoms with Crippen molar-refractivity contribution in [3.63, 3.8) is 0 Å². The van der Waals surface area contributed by atoms with Crippen LogP contribution in [0.5, 0.6) is 0 Å². The predicted molar refractivity (Wildman–Crippen MR) is 134 cm³/mol. The number of carbonyl (C=O) groups is 1. The first-order valence-corrected chi connectivity index (χ1v) is 14.0. The second-order valence-corrected chi connectivity index (χ2v) is 10.8. The van der Waals surface area contributed by atoms with Gasteiger partial charge in [-0.25, -0.2) is 27.6 Å². The van der Waals surface area contributed by atoms with Crippen LogP contribution in [-0.2, 0) is 34.8 Å². The van der Waals surface area contributed by atoms with Crippen LogP contribution in [0, 0.1) is 0 Å². The Morgan fingerprint density at radius 3 is 2.60 bits per heavy atom. The Bertz CT molecular complexity index is 1040. The van der Waals surface area contributed by atoms with Crippen LogP contribution in [-0.4, -0.2) is 65.6 Å². The van der Waals surface area contributed by atoms with Gasteiger partial charge in [0.25, 0.3) is 0 Å². The first-order chi connectivity index (χ1) is 16.8. The zero-order chi connectivity index (χ0) is 25.3. The standard InChI is InChI=1S/C24H38N6O4S/c1-4-30(5-2)16-9-17-35(32,33)28-21(15-12-19-10-7-6-8-11-19)23-26-22(29(3)27-23)18-34-24(31)25-20-13-14-20/h6-8,10-11,20-21,28H,4-5,9,12-18H2,1-3H3,(H,25,31)/t21-/m1/s1. The molecule has 0 spiro atoms. The van der Waals surface area contributed by atoms with E-state index in [-0.39, 0.29) is 18.4 Å². The molecular weight excluding hydrogens is 468 g/mol. The van der Waals surface area contributed by atoms with Gasteiger partial charge in [0.2, 0.25) is 10.0 Å². The topological polar surface area (TPSA) is 118 Å². The minimum Gasteiger partial charge on any atom is -0.441 e. The van der Waals surface area contributed by atoms with E-state index in [1.807, 2.05) is 30.3 Å². The molecular formula is C24H38N6O4S. The lowest BCUT2D eigenvalue weighted by Crippen LogP contribution is -2.33. The molecule has 1 aromatic carbocycles. The van der Waals surface area contributed by atoms with Crippen LogP contribution in [0.2, 0.25) is 0 Å². The molecule has 0 aliphatic heterocycles. The third kappa shape index (κ3) is 9.23. The Labute approximate surface area is 208 Å². The zero-order valence-corrected chi connectivity index (χ0v) is 21.8. The molecule has 11 heteroatoms. The lowest BCUT2D eigenvalue weighted by atomic mass is 10.1. The molecule has 1 atom stereocenters. The van der Waals surface area contributed by atoms with Gasteiger partial charge >= 0.3 is 6.09 Å². The Morgan fingerprint density at radius 2 is 1.94 bits per heavy atom. The second-order valence-electron chi connectivity index (χ2n) is 8.90. The average molecular weight is 507 g/mol. The zero-order valence-electron chi connectivity index (χ0n) is 20.9. The molecule has 0 bridgehead atoms. The summed E-state index contributed by atoms with van der Waals surface area (Å²) in [5.74, 6) is 0.864. The molecule has 1 saturated carbocycles. The molecule has 1 heterocycles. The van der Waals surface area contributed by atoms with Gasteiger partial charge in [-0.15, -0.1) is 0 Å². The van der Waals surface area contributed by atoms with Gasteiger partial charge in [0.05, 0.1) is 11.8 Å². The van der Waals surface area contributed by atoms with Crippen molar-refractivity contribution in [2.24, 2.45) is 7.05 Å². The number of ether oxygens (including phenoxy) is 1. The molecule has 1 aliphatic rings. The van der Waals surface area contributed by atoms with Crippen LogP contribution >= 0.6 is 0 Å². The van der Waals surface area contributed by atoms with Gasteiger partial charge in [-0.05, 0) is 57.3 Å². The van der Waals surface area contributed by atoms with Gasteiger partial charge in [-0.3, -0.25) is 0 Å². The summed E-state index contributed by atoms with van der Waals surface area (Å²) in [4.78, 5) is 18.6. The summed E-state index contributed by atoms with van der Waals surface area (Å²) in [6, 6.07) is 9.51. The van der Waals surface area contributed by atoms with Crippen molar-refractivity contribution >= 4 is 16.1 Å². The number of alkyl carbamates (subject to hydrolysis) is 1. The number of benzene rings is 1. The minimum atomic E-state index is -3.54. The fourth-order valence-electron chi connectivity index (χ4n) is 3.77. The molecule has 0 unspecified atom stereocenters. The normalized spacial score (nSPS) is 14.7. The fourth-order valence-corrected chi connectivity index (χ4v) is 5.05. The number of hydrogen-bond acceptors (Lipinski definition) is 7. The molecule has 2 N–H and O–H groups in total. The van der Waals surface area contributed by atoms with Crippen LogP contribution in [0.15, 0.2) is 30.3 Å². The number of hydrogen-bond donors (Lipinski definition) is 2. The second kappa shape index (κ2) is 13.0. The fraction of sp³-hybridized carbons (Fsp3) is 0.625. The predicted octanol–water partition coefficient (Wildman–Crippen LogP) is 2.53. The summed E-state index contributed by atoms with van der Waals surface area (Å²) in [5.41, 5.74) is 1.11. The van der Waals surface area contributed by atoms with Crippen molar-refractivity contribution in [2.45, 2.75) is 64.6 Å². The lowest BCUT2D eigenvalue weighted by Gasteiger charge is -2.19. The maximum atomic E-state index is 12.9. The van der Waals surface area contributed by atoms with E-state index in [2.05, 4.69) is 38.9 Å². The average Bonchev–Trinajstić information content (AvgIpc) is 3.58. The van der Waals surface area contributed by atoms with Crippen LogP contribution in [0.25, 0.3) is 0 Å². The first-order valence-electron chi connectivity index (χ1n) is 12.4. The van der Waals surface area contributed by atoms with Crippen LogP contribution in [0.1, 0.15) is 62.8 Å². The summed E-state index contributed by atoms with van der Waals surface area (Å²) in [6.07, 6.45) is 3.19. The number of nitrogens with zero attached hydrogens (tertiary/aromatic N) is 4. The van der Waals surface area contributed by atoms with Crippen molar-refractivity contribution in [1.29, 1.82) is 0 Å². The van der Waals surface area contributed by atoms with E-state index in [1.54, 1.807) is 7.05 Å². The molecule has 1 aliphatic carbocycles. The molecule has 1 fully saturated rings. The van der Waals surface area contributed by atoms with E-state index in [4.69, 9.17) is 4.74 Å². The minimum absolute atomic E-state index is 0.0372. The van der Waals surface area contributed by atoms with E-state index >= 15 is 0 Å². The highest BCUT2D eigenvalue weighted by molar-refractivity contribution is 7.89.